The first-order valence-corrected chi connectivity index (χ1v) is 7.83. The fourth-order valence-corrected chi connectivity index (χ4v) is 3.47. The highest BCUT2D eigenvalue weighted by atomic mass is 32.2. The van der Waals surface area contributed by atoms with Crippen molar-refractivity contribution < 1.29 is 4.79 Å². The van der Waals surface area contributed by atoms with Crippen molar-refractivity contribution in [2.75, 3.05) is 12.3 Å². The third-order valence-corrected chi connectivity index (χ3v) is 4.93. The monoisotopic (exact) mass is 288 g/mol. The zero-order valence-corrected chi connectivity index (χ0v) is 12.6. The van der Waals surface area contributed by atoms with E-state index in [4.69, 9.17) is 5.73 Å². The highest BCUT2D eigenvalue weighted by Crippen LogP contribution is 2.37. The summed E-state index contributed by atoms with van der Waals surface area (Å²) >= 11 is 1.75. The van der Waals surface area contributed by atoms with Gasteiger partial charge in [-0.3, -0.25) is 4.79 Å². The molecule has 0 aromatic heterocycles. The smallest absolute Gasteiger partial charge is 0.236 e. The molecule has 0 radical (unpaired) electrons. The van der Waals surface area contributed by atoms with Crippen LogP contribution in [0.4, 0.5) is 0 Å². The SMILES string of the molecule is CC1(C(=O)NCc2cccc(C#CCN)c2)CCCS1. The molecule has 0 saturated carbocycles. The number of nitrogens with two attached hydrogens (primary N) is 1. The van der Waals surface area contributed by atoms with Crippen molar-refractivity contribution in [2.24, 2.45) is 5.73 Å². The van der Waals surface area contributed by atoms with Crippen molar-refractivity contribution in [1.29, 1.82) is 0 Å². The molecule has 1 aliphatic rings. The van der Waals surface area contributed by atoms with Gasteiger partial charge in [-0.1, -0.05) is 24.0 Å². The molecular formula is C16H20N2OS. The summed E-state index contributed by atoms with van der Waals surface area (Å²) in [5.41, 5.74) is 7.36. The fourth-order valence-electron chi connectivity index (χ4n) is 2.24. The van der Waals surface area contributed by atoms with E-state index in [2.05, 4.69) is 17.2 Å². The second-order valence-electron chi connectivity index (χ2n) is 5.07. The van der Waals surface area contributed by atoms with E-state index >= 15 is 0 Å². The third-order valence-electron chi connectivity index (χ3n) is 3.41. The first kappa shape index (κ1) is 15.0. The van der Waals surface area contributed by atoms with Crippen LogP contribution >= 0.6 is 11.8 Å². The zero-order valence-electron chi connectivity index (χ0n) is 11.7. The molecule has 1 unspecified atom stereocenters. The van der Waals surface area contributed by atoms with Crippen molar-refractivity contribution in [2.45, 2.75) is 31.1 Å². The summed E-state index contributed by atoms with van der Waals surface area (Å²) in [6.45, 7) is 2.94. The number of nitrogens with one attached hydrogen (secondary N) is 1. The largest absolute Gasteiger partial charge is 0.351 e. The van der Waals surface area contributed by atoms with Gasteiger partial charge in [0.15, 0.2) is 0 Å². The summed E-state index contributed by atoms with van der Waals surface area (Å²) in [6.07, 6.45) is 2.09. The summed E-state index contributed by atoms with van der Waals surface area (Å²) in [7, 11) is 0. The Hall–Kier alpha value is -1.44. The Labute approximate surface area is 124 Å². The lowest BCUT2D eigenvalue weighted by atomic mass is 10.0. The average Bonchev–Trinajstić information content (AvgIpc) is 2.91. The standard InChI is InChI=1S/C16H20N2OS/c1-16(8-4-10-20-16)15(19)18-12-14-6-2-5-13(11-14)7-3-9-17/h2,5-6,11H,4,8-10,12,17H2,1H3,(H,18,19). The van der Waals surface area contributed by atoms with E-state index in [1.54, 1.807) is 11.8 Å². The lowest BCUT2D eigenvalue weighted by Gasteiger charge is -2.21. The number of benzene rings is 1. The third kappa shape index (κ3) is 3.78. The van der Waals surface area contributed by atoms with Gasteiger partial charge in [0.05, 0.1) is 11.3 Å². The summed E-state index contributed by atoms with van der Waals surface area (Å²) < 4.78 is -0.253. The Morgan fingerprint density at radius 1 is 1.55 bits per heavy atom. The molecule has 1 saturated heterocycles. The summed E-state index contributed by atoms with van der Waals surface area (Å²) in [6, 6.07) is 7.89. The number of hydrogen-bond acceptors (Lipinski definition) is 3. The van der Waals surface area contributed by atoms with Crippen LogP contribution in [-0.4, -0.2) is 23.0 Å². The van der Waals surface area contributed by atoms with Crippen LogP contribution in [0.2, 0.25) is 0 Å². The molecule has 0 spiro atoms. The predicted molar refractivity (Wildman–Crippen MR) is 84.3 cm³/mol. The van der Waals surface area contributed by atoms with E-state index in [0.29, 0.717) is 13.1 Å². The topological polar surface area (TPSA) is 55.1 Å². The van der Waals surface area contributed by atoms with E-state index in [-0.39, 0.29) is 10.7 Å². The van der Waals surface area contributed by atoms with Crippen LogP contribution in [0.15, 0.2) is 24.3 Å². The molecule has 106 valence electrons. The molecule has 1 amide bonds. The number of hydrogen-bond donors (Lipinski definition) is 2. The Bertz CT molecular complexity index is 539. The second kappa shape index (κ2) is 6.83. The highest BCUT2D eigenvalue weighted by molar-refractivity contribution is 8.01. The minimum atomic E-state index is -0.253. The van der Waals surface area contributed by atoms with Crippen molar-refractivity contribution in [3.05, 3.63) is 35.4 Å². The van der Waals surface area contributed by atoms with E-state index < -0.39 is 0 Å². The van der Waals surface area contributed by atoms with Gasteiger partial charge >= 0.3 is 0 Å². The van der Waals surface area contributed by atoms with Crippen LogP contribution in [0.25, 0.3) is 0 Å². The van der Waals surface area contributed by atoms with Crippen LogP contribution in [0.1, 0.15) is 30.9 Å². The molecule has 20 heavy (non-hydrogen) atoms. The van der Waals surface area contributed by atoms with Crippen LogP contribution in [-0.2, 0) is 11.3 Å². The van der Waals surface area contributed by atoms with Crippen LogP contribution < -0.4 is 11.1 Å². The number of rotatable bonds is 3. The van der Waals surface area contributed by atoms with Gasteiger partial charge in [0, 0.05) is 12.1 Å². The Morgan fingerprint density at radius 3 is 3.10 bits per heavy atom. The maximum absolute atomic E-state index is 12.2. The van der Waals surface area contributed by atoms with Gasteiger partial charge in [-0.25, -0.2) is 0 Å². The van der Waals surface area contributed by atoms with Crippen molar-refractivity contribution in [3.8, 4) is 11.8 Å². The minimum absolute atomic E-state index is 0.137. The van der Waals surface area contributed by atoms with Gasteiger partial charge < -0.3 is 11.1 Å². The van der Waals surface area contributed by atoms with E-state index in [1.165, 1.54) is 0 Å². The van der Waals surface area contributed by atoms with E-state index in [0.717, 1.165) is 29.7 Å². The average molecular weight is 288 g/mol. The Morgan fingerprint density at radius 2 is 2.40 bits per heavy atom. The van der Waals surface area contributed by atoms with Gasteiger partial charge in [0.2, 0.25) is 5.91 Å². The number of thioether (sulfide) groups is 1. The Kier molecular flexibility index (Phi) is 5.11. The van der Waals surface area contributed by atoms with Crippen molar-refractivity contribution >= 4 is 17.7 Å². The van der Waals surface area contributed by atoms with Gasteiger partial charge in [-0.15, -0.1) is 11.8 Å². The van der Waals surface area contributed by atoms with Crippen LogP contribution in [0.5, 0.6) is 0 Å². The quantitative estimate of drug-likeness (QED) is 0.835. The Balaban J connectivity index is 1.95. The van der Waals surface area contributed by atoms with Crippen LogP contribution in [0, 0.1) is 11.8 Å². The lowest BCUT2D eigenvalue weighted by molar-refractivity contribution is -0.123. The van der Waals surface area contributed by atoms with Crippen LogP contribution in [0.3, 0.4) is 0 Å². The maximum atomic E-state index is 12.2. The normalized spacial score (nSPS) is 21.1. The van der Waals surface area contributed by atoms with Gasteiger partial charge in [-0.05, 0) is 43.2 Å². The van der Waals surface area contributed by atoms with E-state index in [9.17, 15) is 4.79 Å². The molecule has 0 bridgehead atoms. The second-order valence-corrected chi connectivity index (χ2v) is 6.67. The minimum Gasteiger partial charge on any atom is -0.351 e. The molecule has 1 aromatic rings. The molecule has 1 aliphatic heterocycles. The molecule has 4 heteroatoms. The predicted octanol–water partition coefficient (Wildman–Crippen LogP) is 1.90. The van der Waals surface area contributed by atoms with Gasteiger partial charge in [0.1, 0.15) is 0 Å². The molecule has 0 aliphatic carbocycles. The summed E-state index contributed by atoms with van der Waals surface area (Å²) in [4.78, 5) is 12.2. The van der Waals surface area contributed by atoms with Gasteiger partial charge in [0.25, 0.3) is 0 Å². The lowest BCUT2D eigenvalue weighted by Crippen LogP contribution is -2.39. The zero-order chi connectivity index (χ0) is 14.4. The molecule has 1 heterocycles. The van der Waals surface area contributed by atoms with E-state index in [1.807, 2.05) is 31.2 Å². The highest BCUT2D eigenvalue weighted by Gasteiger charge is 2.36. The molecule has 1 atom stereocenters. The van der Waals surface area contributed by atoms with Crippen molar-refractivity contribution in [1.82, 2.24) is 5.32 Å². The number of amides is 1. The first-order chi connectivity index (χ1) is 9.64. The molecule has 1 fully saturated rings. The summed E-state index contributed by atoms with van der Waals surface area (Å²) in [5.74, 6) is 7.05. The summed E-state index contributed by atoms with van der Waals surface area (Å²) in [5, 5.41) is 3.03. The number of carbonyl (C=O) groups excluding carboxylic acids is 1. The van der Waals surface area contributed by atoms with Crippen molar-refractivity contribution in [3.63, 3.8) is 0 Å². The number of carbonyl (C=O) groups is 1. The molecule has 1 aromatic carbocycles. The van der Waals surface area contributed by atoms with Gasteiger partial charge in [-0.2, -0.15) is 0 Å². The first-order valence-electron chi connectivity index (χ1n) is 6.84. The fraction of sp³-hybridized carbons (Fsp3) is 0.438. The molecule has 3 N–H and O–H groups in total. The molecule has 3 nitrogen and oxygen atoms in total. The molecular weight excluding hydrogens is 268 g/mol. The maximum Gasteiger partial charge on any atom is 0.236 e. The molecule has 2 rings (SSSR count).